The molecule has 130 valence electrons. The van der Waals surface area contributed by atoms with Crippen molar-refractivity contribution in [2.45, 2.75) is 25.2 Å². The summed E-state index contributed by atoms with van der Waals surface area (Å²) >= 11 is 0. The van der Waals surface area contributed by atoms with E-state index < -0.39 is 0 Å². The van der Waals surface area contributed by atoms with Crippen LogP contribution in [0.2, 0.25) is 0 Å². The van der Waals surface area contributed by atoms with Crippen molar-refractivity contribution in [2.24, 2.45) is 0 Å². The van der Waals surface area contributed by atoms with Crippen LogP contribution in [0.4, 0.5) is 10.5 Å². The summed E-state index contributed by atoms with van der Waals surface area (Å²) in [5.41, 5.74) is 2.04. The summed E-state index contributed by atoms with van der Waals surface area (Å²) in [6.45, 7) is 1.78. The van der Waals surface area contributed by atoms with Crippen molar-refractivity contribution in [3.63, 3.8) is 0 Å². The molecule has 2 aliphatic heterocycles. The molecule has 5 heteroatoms. The first kappa shape index (κ1) is 15.8. The van der Waals surface area contributed by atoms with Gasteiger partial charge in [-0.25, -0.2) is 4.79 Å². The van der Waals surface area contributed by atoms with Crippen LogP contribution < -0.4 is 14.8 Å². The molecular weight excluding hydrogens is 316 g/mol. The van der Waals surface area contributed by atoms with E-state index in [9.17, 15) is 4.79 Å². The molecule has 1 fully saturated rings. The summed E-state index contributed by atoms with van der Waals surface area (Å²) < 4.78 is 10.7. The number of nitrogens with one attached hydrogen (secondary N) is 1. The predicted molar refractivity (Wildman–Crippen MR) is 96.2 cm³/mol. The maximum atomic E-state index is 12.7. The first-order chi connectivity index (χ1) is 12.3. The van der Waals surface area contributed by atoms with Gasteiger partial charge in [-0.05, 0) is 30.5 Å². The molecule has 0 spiro atoms. The molecule has 4 rings (SSSR count). The molecule has 1 unspecified atom stereocenters. The second-order valence-corrected chi connectivity index (χ2v) is 6.55. The SMILES string of the molecule is O=C(Nc1ccc2c(c1)OCO2)N1CCCCC(c2ccccc2)C1. The van der Waals surface area contributed by atoms with Crippen molar-refractivity contribution in [1.29, 1.82) is 0 Å². The van der Waals surface area contributed by atoms with Gasteiger partial charge < -0.3 is 19.7 Å². The molecule has 0 aliphatic carbocycles. The minimum Gasteiger partial charge on any atom is -0.454 e. The van der Waals surface area contributed by atoms with E-state index in [1.807, 2.05) is 29.2 Å². The fourth-order valence-electron chi connectivity index (χ4n) is 3.50. The molecule has 0 saturated carbocycles. The molecule has 1 atom stereocenters. The van der Waals surface area contributed by atoms with Gasteiger partial charge in [0.2, 0.25) is 6.79 Å². The standard InChI is InChI=1S/C20H22N2O3/c23-20(21-17-9-10-18-19(12-17)25-14-24-18)22-11-5-4-8-16(13-22)15-6-2-1-3-7-15/h1-3,6-7,9-10,12,16H,4-5,8,11,13-14H2,(H,21,23). The molecule has 1 saturated heterocycles. The van der Waals surface area contributed by atoms with E-state index in [2.05, 4.69) is 29.6 Å². The van der Waals surface area contributed by atoms with Crippen molar-refractivity contribution in [3.05, 3.63) is 54.1 Å². The Balaban J connectivity index is 1.45. The summed E-state index contributed by atoms with van der Waals surface area (Å²) in [7, 11) is 0. The molecule has 25 heavy (non-hydrogen) atoms. The third kappa shape index (κ3) is 3.55. The van der Waals surface area contributed by atoms with Gasteiger partial charge in [-0.15, -0.1) is 0 Å². The van der Waals surface area contributed by atoms with Crippen LogP contribution in [0.15, 0.2) is 48.5 Å². The Hall–Kier alpha value is -2.69. The third-order valence-electron chi connectivity index (χ3n) is 4.85. The van der Waals surface area contributed by atoms with Gasteiger partial charge in [-0.1, -0.05) is 36.8 Å². The Morgan fingerprint density at radius 3 is 2.76 bits per heavy atom. The Bertz CT molecular complexity index is 748. The van der Waals surface area contributed by atoms with Gasteiger partial charge in [0.15, 0.2) is 11.5 Å². The van der Waals surface area contributed by atoms with Gasteiger partial charge in [0.25, 0.3) is 0 Å². The highest BCUT2D eigenvalue weighted by atomic mass is 16.7. The molecule has 2 heterocycles. The lowest BCUT2D eigenvalue weighted by atomic mass is 9.94. The van der Waals surface area contributed by atoms with Crippen LogP contribution in [0, 0.1) is 0 Å². The molecular formula is C20H22N2O3. The number of amides is 2. The van der Waals surface area contributed by atoms with Crippen LogP contribution in [-0.4, -0.2) is 30.8 Å². The number of carbonyl (C=O) groups is 1. The van der Waals surface area contributed by atoms with Gasteiger partial charge >= 0.3 is 6.03 Å². The highest BCUT2D eigenvalue weighted by molar-refractivity contribution is 5.89. The third-order valence-corrected chi connectivity index (χ3v) is 4.85. The van der Waals surface area contributed by atoms with Crippen LogP contribution in [0.5, 0.6) is 11.5 Å². The smallest absolute Gasteiger partial charge is 0.321 e. The maximum absolute atomic E-state index is 12.7. The van der Waals surface area contributed by atoms with Gasteiger partial charge in [0.05, 0.1) is 0 Å². The minimum atomic E-state index is -0.0540. The zero-order valence-electron chi connectivity index (χ0n) is 14.1. The number of fused-ring (bicyclic) bond motifs is 1. The zero-order chi connectivity index (χ0) is 17.1. The maximum Gasteiger partial charge on any atom is 0.321 e. The highest BCUT2D eigenvalue weighted by Crippen LogP contribution is 2.34. The largest absolute Gasteiger partial charge is 0.454 e. The van der Waals surface area contributed by atoms with E-state index in [-0.39, 0.29) is 12.8 Å². The molecule has 0 bridgehead atoms. The van der Waals surface area contributed by atoms with Crippen LogP contribution in [0.3, 0.4) is 0 Å². The van der Waals surface area contributed by atoms with Gasteiger partial charge in [-0.2, -0.15) is 0 Å². The van der Waals surface area contributed by atoms with Crippen molar-refractivity contribution in [2.75, 3.05) is 25.2 Å². The number of urea groups is 1. The molecule has 0 radical (unpaired) electrons. The zero-order valence-corrected chi connectivity index (χ0v) is 14.1. The van der Waals surface area contributed by atoms with Crippen molar-refractivity contribution < 1.29 is 14.3 Å². The Kier molecular flexibility index (Phi) is 4.46. The van der Waals surface area contributed by atoms with Gasteiger partial charge in [0, 0.05) is 30.8 Å². The van der Waals surface area contributed by atoms with E-state index in [1.54, 1.807) is 0 Å². The van der Waals surface area contributed by atoms with E-state index in [0.29, 0.717) is 11.7 Å². The number of ether oxygens (including phenoxy) is 2. The average molecular weight is 338 g/mol. The first-order valence-electron chi connectivity index (χ1n) is 8.80. The number of rotatable bonds is 2. The number of anilines is 1. The van der Waals surface area contributed by atoms with E-state index in [4.69, 9.17) is 9.47 Å². The van der Waals surface area contributed by atoms with Gasteiger partial charge in [0.1, 0.15) is 0 Å². The molecule has 2 aromatic rings. The van der Waals surface area contributed by atoms with Crippen molar-refractivity contribution in [3.8, 4) is 11.5 Å². The van der Waals surface area contributed by atoms with Crippen LogP contribution >= 0.6 is 0 Å². The predicted octanol–water partition coefficient (Wildman–Crippen LogP) is 4.22. The minimum absolute atomic E-state index is 0.0540. The van der Waals surface area contributed by atoms with E-state index in [0.717, 1.165) is 43.8 Å². The second-order valence-electron chi connectivity index (χ2n) is 6.55. The Morgan fingerprint density at radius 1 is 1.04 bits per heavy atom. The number of hydrogen-bond donors (Lipinski definition) is 1. The van der Waals surface area contributed by atoms with E-state index >= 15 is 0 Å². The summed E-state index contributed by atoms with van der Waals surface area (Å²) in [5, 5.41) is 2.99. The van der Waals surface area contributed by atoms with Gasteiger partial charge in [-0.3, -0.25) is 0 Å². The lowest BCUT2D eigenvalue weighted by molar-refractivity contribution is 0.174. The monoisotopic (exact) mass is 338 g/mol. The normalized spacial score (nSPS) is 19.4. The first-order valence-corrected chi connectivity index (χ1v) is 8.80. The molecule has 0 aromatic heterocycles. The number of carbonyl (C=O) groups excluding carboxylic acids is 1. The fourth-order valence-corrected chi connectivity index (χ4v) is 3.50. The molecule has 2 aliphatic rings. The van der Waals surface area contributed by atoms with Crippen LogP contribution in [0.25, 0.3) is 0 Å². The summed E-state index contributed by atoms with van der Waals surface area (Å²) in [6, 6.07) is 15.9. The number of benzene rings is 2. The molecule has 1 N–H and O–H groups in total. The Morgan fingerprint density at radius 2 is 1.88 bits per heavy atom. The summed E-state index contributed by atoms with van der Waals surface area (Å²) in [4.78, 5) is 14.7. The van der Waals surface area contributed by atoms with E-state index in [1.165, 1.54) is 5.56 Å². The second kappa shape index (κ2) is 7.05. The average Bonchev–Trinajstić information content (AvgIpc) is 2.96. The molecule has 5 nitrogen and oxygen atoms in total. The quantitative estimate of drug-likeness (QED) is 0.892. The molecule has 2 amide bonds. The van der Waals surface area contributed by atoms with Crippen LogP contribution in [0.1, 0.15) is 30.7 Å². The topological polar surface area (TPSA) is 50.8 Å². The highest BCUT2D eigenvalue weighted by Gasteiger charge is 2.23. The number of likely N-dealkylation sites (tertiary alicyclic amines) is 1. The Labute approximate surface area is 147 Å². The summed E-state index contributed by atoms with van der Waals surface area (Å²) in [6.07, 6.45) is 3.31. The lowest BCUT2D eigenvalue weighted by Crippen LogP contribution is -2.37. The summed E-state index contributed by atoms with van der Waals surface area (Å²) in [5.74, 6) is 1.79. The molecule has 2 aromatic carbocycles. The van der Waals surface area contributed by atoms with Crippen LogP contribution in [-0.2, 0) is 0 Å². The van der Waals surface area contributed by atoms with Crippen molar-refractivity contribution in [1.82, 2.24) is 4.90 Å². The fraction of sp³-hybridized carbons (Fsp3) is 0.350. The number of nitrogens with zero attached hydrogens (tertiary/aromatic N) is 1. The number of hydrogen-bond acceptors (Lipinski definition) is 3. The van der Waals surface area contributed by atoms with Crippen molar-refractivity contribution >= 4 is 11.7 Å². The lowest BCUT2D eigenvalue weighted by Gasteiger charge is -2.25.